The van der Waals surface area contributed by atoms with Gasteiger partial charge in [0.15, 0.2) is 0 Å². The molecule has 1 N–H and O–H groups in total. The molecule has 2 aromatic rings. The second kappa shape index (κ2) is 5.18. The van der Waals surface area contributed by atoms with E-state index in [0.717, 1.165) is 0 Å². The standard InChI is InChI=1S/C12H9Cl2NO2S/c13-10-7-4-8-11(14)12(10)18(16,17)15-9-5-2-1-3-6-9/h1-8,15H. The van der Waals surface area contributed by atoms with E-state index in [1.807, 2.05) is 0 Å². The van der Waals surface area contributed by atoms with Crippen molar-refractivity contribution in [1.82, 2.24) is 0 Å². The van der Waals surface area contributed by atoms with E-state index in [4.69, 9.17) is 23.2 Å². The van der Waals surface area contributed by atoms with Gasteiger partial charge in [0.25, 0.3) is 10.0 Å². The van der Waals surface area contributed by atoms with Gasteiger partial charge in [-0.25, -0.2) is 8.42 Å². The number of anilines is 1. The minimum atomic E-state index is -3.79. The Morgan fingerprint density at radius 1 is 0.833 bits per heavy atom. The number of sulfonamides is 1. The fraction of sp³-hybridized carbons (Fsp3) is 0. The van der Waals surface area contributed by atoms with E-state index in [1.165, 1.54) is 12.1 Å². The highest BCUT2D eigenvalue weighted by Crippen LogP contribution is 2.30. The van der Waals surface area contributed by atoms with Crippen molar-refractivity contribution < 1.29 is 8.42 Å². The van der Waals surface area contributed by atoms with Crippen LogP contribution in [0.4, 0.5) is 5.69 Å². The summed E-state index contributed by atoms with van der Waals surface area (Å²) in [5.41, 5.74) is 0.452. The first-order chi connectivity index (χ1) is 8.50. The van der Waals surface area contributed by atoms with Gasteiger partial charge in [-0.05, 0) is 24.3 Å². The highest BCUT2D eigenvalue weighted by molar-refractivity contribution is 7.93. The monoisotopic (exact) mass is 301 g/mol. The largest absolute Gasteiger partial charge is 0.280 e. The van der Waals surface area contributed by atoms with Crippen LogP contribution in [0.1, 0.15) is 0 Å². The van der Waals surface area contributed by atoms with Gasteiger partial charge in [-0.1, -0.05) is 47.5 Å². The van der Waals surface area contributed by atoms with E-state index in [-0.39, 0.29) is 14.9 Å². The van der Waals surface area contributed by atoms with Gasteiger partial charge in [-0.15, -0.1) is 0 Å². The Kier molecular flexibility index (Phi) is 3.80. The summed E-state index contributed by atoms with van der Waals surface area (Å²) in [4.78, 5) is -0.114. The first-order valence-corrected chi connectivity index (χ1v) is 7.26. The maximum Gasteiger partial charge on any atom is 0.264 e. The van der Waals surface area contributed by atoms with E-state index in [9.17, 15) is 8.42 Å². The number of benzene rings is 2. The molecule has 2 aromatic carbocycles. The predicted molar refractivity (Wildman–Crippen MR) is 73.7 cm³/mol. The van der Waals surface area contributed by atoms with Crippen LogP contribution in [0.3, 0.4) is 0 Å². The molecule has 18 heavy (non-hydrogen) atoms. The molecule has 0 heterocycles. The average molecular weight is 302 g/mol. The van der Waals surface area contributed by atoms with E-state index in [2.05, 4.69) is 4.72 Å². The Labute approximate surface area is 115 Å². The third-order valence-corrected chi connectivity index (χ3v) is 4.55. The Balaban J connectivity index is 2.44. The molecule has 0 unspecified atom stereocenters. The fourth-order valence-electron chi connectivity index (χ4n) is 1.45. The van der Waals surface area contributed by atoms with Crippen molar-refractivity contribution in [2.75, 3.05) is 4.72 Å². The third-order valence-electron chi connectivity index (χ3n) is 2.21. The lowest BCUT2D eigenvalue weighted by Gasteiger charge is -2.10. The van der Waals surface area contributed by atoms with Crippen molar-refractivity contribution >= 4 is 38.9 Å². The zero-order valence-electron chi connectivity index (χ0n) is 9.10. The molecule has 0 aliphatic carbocycles. The molecule has 0 amide bonds. The molecule has 0 aromatic heterocycles. The molecule has 6 heteroatoms. The summed E-state index contributed by atoms with van der Waals surface area (Å²) in [5, 5.41) is 0.178. The first kappa shape index (κ1) is 13.2. The van der Waals surface area contributed by atoms with Crippen LogP contribution >= 0.6 is 23.2 Å². The quantitative estimate of drug-likeness (QED) is 0.937. The van der Waals surface area contributed by atoms with Crippen molar-refractivity contribution in [1.29, 1.82) is 0 Å². The van der Waals surface area contributed by atoms with Crippen LogP contribution in [0.15, 0.2) is 53.4 Å². The zero-order valence-corrected chi connectivity index (χ0v) is 11.4. The van der Waals surface area contributed by atoms with Crippen LogP contribution < -0.4 is 4.72 Å². The summed E-state index contributed by atoms with van der Waals surface area (Å²) < 4.78 is 26.7. The van der Waals surface area contributed by atoms with Gasteiger partial charge in [0, 0.05) is 5.69 Å². The third kappa shape index (κ3) is 2.77. The first-order valence-electron chi connectivity index (χ1n) is 5.02. The van der Waals surface area contributed by atoms with Crippen LogP contribution in [-0.2, 0) is 10.0 Å². The fourth-order valence-corrected chi connectivity index (χ4v) is 3.66. The minimum Gasteiger partial charge on any atom is -0.280 e. The number of nitrogens with one attached hydrogen (secondary N) is 1. The van der Waals surface area contributed by atoms with Crippen molar-refractivity contribution in [2.45, 2.75) is 4.90 Å². The van der Waals surface area contributed by atoms with Crippen LogP contribution in [0.2, 0.25) is 10.0 Å². The van der Waals surface area contributed by atoms with Crippen LogP contribution in [-0.4, -0.2) is 8.42 Å². The van der Waals surface area contributed by atoms with Crippen molar-refractivity contribution in [3.05, 3.63) is 58.6 Å². The molecule has 0 saturated carbocycles. The second-order valence-corrected chi connectivity index (χ2v) is 5.96. The zero-order chi connectivity index (χ0) is 13.2. The molecular formula is C12H9Cl2NO2S. The van der Waals surface area contributed by atoms with Gasteiger partial charge in [-0.2, -0.15) is 0 Å². The summed E-state index contributed by atoms with van der Waals surface area (Å²) in [7, 11) is -3.79. The van der Waals surface area contributed by atoms with Crippen molar-refractivity contribution in [3.63, 3.8) is 0 Å². The maximum atomic E-state index is 12.2. The maximum absolute atomic E-state index is 12.2. The molecule has 0 radical (unpaired) electrons. The molecule has 0 fully saturated rings. The number of para-hydroxylation sites is 1. The SMILES string of the molecule is O=S(=O)(Nc1ccccc1)c1c(Cl)cccc1Cl. The van der Waals surface area contributed by atoms with E-state index in [0.29, 0.717) is 5.69 Å². The number of rotatable bonds is 3. The van der Waals surface area contributed by atoms with Gasteiger partial charge in [0.2, 0.25) is 0 Å². The predicted octanol–water partition coefficient (Wildman–Crippen LogP) is 3.79. The smallest absolute Gasteiger partial charge is 0.264 e. The molecule has 0 atom stereocenters. The Morgan fingerprint density at radius 3 is 1.94 bits per heavy atom. The molecule has 0 saturated heterocycles. The summed E-state index contributed by atoms with van der Waals surface area (Å²) in [6.45, 7) is 0. The summed E-state index contributed by atoms with van der Waals surface area (Å²) in [6.07, 6.45) is 0. The minimum absolute atomic E-state index is 0.0888. The lowest BCUT2D eigenvalue weighted by Crippen LogP contribution is -2.13. The van der Waals surface area contributed by atoms with Gasteiger partial charge >= 0.3 is 0 Å². The Bertz CT molecular complexity index is 637. The van der Waals surface area contributed by atoms with Crippen molar-refractivity contribution in [3.8, 4) is 0 Å². The van der Waals surface area contributed by atoms with Crippen LogP contribution in [0.5, 0.6) is 0 Å². The summed E-state index contributed by atoms with van der Waals surface area (Å²) in [6, 6.07) is 13.1. The second-order valence-electron chi connectivity index (χ2n) is 3.52. The molecule has 0 aliphatic rings. The lowest BCUT2D eigenvalue weighted by atomic mass is 10.3. The van der Waals surface area contributed by atoms with Crippen molar-refractivity contribution in [2.24, 2.45) is 0 Å². The van der Waals surface area contributed by atoms with E-state index < -0.39 is 10.0 Å². The van der Waals surface area contributed by atoms with E-state index >= 15 is 0 Å². The van der Waals surface area contributed by atoms with Crippen LogP contribution in [0.25, 0.3) is 0 Å². The number of hydrogen-bond acceptors (Lipinski definition) is 2. The van der Waals surface area contributed by atoms with Gasteiger partial charge in [0.05, 0.1) is 10.0 Å². The molecule has 2 rings (SSSR count). The molecule has 94 valence electrons. The average Bonchev–Trinajstić information content (AvgIpc) is 2.28. The molecule has 0 bridgehead atoms. The van der Waals surface area contributed by atoms with Gasteiger partial charge in [-0.3, -0.25) is 4.72 Å². The Hall–Kier alpha value is -1.23. The molecule has 0 aliphatic heterocycles. The normalized spacial score (nSPS) is 11.2. The van der Waals surface area contributed by atoms with E-state index in [1.54, 1.807) is 36.4 Å². The highest BCUT2D eigenvalue weighted by Gasteiger charge is 2.21. The highest BCUT2D eigenvalue weighted by atomic mass is 35.5. The number of halogens is 2. The van der Waals surface area contributed by atoms with Crippen LogP contribution in [0, 0.1) is 0 Å². The molecule has 0 spiro atoms. The Morgan fingerprint density at radius 2 is 1.39 bits per heavy atom. The summed E-state index contributed by atoms with van der Waals surface area (Å²) >= 11 is 11.8. The number of hydrogen-bond donors (Lipinski definition) is 1. The topological polar surface area (TPSA) is 46.2 Å². The van der Waals surface area contributed by atoms with Gasteiger partial charge in [0.1, 0.15) is 4.90 Å². The molecule has 3 nitrogen and oxygen atoms in total. The lowest BCUT2D eigenvalue weighted by molar-refractivity contribution is 0.601. The van der Waals surface area contributed by atoms with Gasteiger partial charge < -0.3 is 0 Å². The summed E-state index contributed by atoms with van der Waals surface area (Å²) in [5.74, 6) is 0. The molecular weight excluding hydrogens is 293 g/mol.